The van der Waals surface area contributed by atoms with Gasteiger partial charge in [0.05, 0.1) is 5.56 Å². The van der Waals surface area contributed by atoms with Crippen LogP contribution in [0.25, 0.3) is 0 Å². The van der Waals surface area contributed by atoms with Crippen molar-refractivity contribution in [2.45, 2.75) is 19.9 Å². The van der Waals surface area contributed by atoms with Crippen molar-refractivity contribution in [2.75, 3.05) is 13.4 Å². The lowest BCUT2D eigenvalue weighted by Gasteiger charge is -2.09. The highest BCUT2D eigenvalue weighted by Gasteiger charge is 2.17. The summed E-state index contributed by atoms with van der Waals surface area (Å²) in [5, 5.41) is 2.63. The first-order valence-corrected chi connectivity index (χ1v) is 5.92. The molecular formula is C13H15NO5. The fraction of sp³-hybridized carbons (Fsp3) is 0.385. The molecule has 1 N–H and O–H groups in total. The van der Waals surface area contributed by atoms with Crippen LogP contribution in [0.1, 0.15) is 24.2 Å². The number of amides is 1. The number of rotatable bonds is 4. The molecule has 0 saturated carbocycles. The molecule has 6 heteroatoms. The van der Waals surface area contributed by atoms with E-state index in [-0.39, 0.29) is 25.3 Å². The number of carbonyl (C=O) groups excluding carboxylic acids is 2. The van der Waals surface area contributed by atoms with Gasteiger partial charge in [-0.1, -0.05) is 0 Å². The summed E-state index contributed by atoms with van der Waals surface area (Å²) in [6, 6.07) is 4.74. The summed E-state index contributed by atoms with van der Waals surface area (Å²) in [6.07, 6.45) is 0. The Kier molecular flexibility index (Phi) is 3.89. The molecule has 0 bridgehead atoms. The fourth-order valence-electron chi connectivity index (χ4n) is 1.60. The molecule has 19 heavy (non-hydrogen) atoms. The lowest BCUT2D eigenvalue weighted by Crippen LogP contribution is -2.33. The molecule has 0 radical (unpaired) electrons. The second-order valence-electron chi connectivity index (χ2n) is 4.37. The van der Waals surface area contributed by atoms with Gasteiger partial charge in [-0.15, -0.1) is 0 Å². The van der Waals surface area contributed by atoms with Crippen LogP contribution in [0.15, 0.2) is 18.2 Å². The van der Waals surface area contributed by atoms with Crippen molar-refractivity contribution in [3.05, 3.63) is 23.8 Å². The van der Waals surface area contributed by atoms with Gasteiger partial charge in [0.2, 0.25) is 6.79 Å². The Bertz CT molecular complexity index is 498. The molecule has 0 unspecified atom stereocenters. The first-order chi connectivity index (χ1) is 9.06. The molecule has 0 spiro atoms. The quantitative estimate of drug-likeness (QED) is 0.825. The number of fused-ring (bicyclic) bond motifs is 1. The summed E-state index contributed by atoms with van der Waals surface area (Å²) in [5.41, 5.74) is 0.321. The van der Waals surface area contributed by atoms with E-state index in [4.69, 9.17) is 14.2 Å². The lowest BCUT2D eigenvalue weighted by molar-refractivity contribution is -0.124. The predicted octanol–water partition coefficient (Wildman–Crippen LogP) is 1.10. The Hall–Kier alpha value is -2.24. The molecule has 0 fully saturated rings. The maximum absolute atomic E-state index is 11.7. The summed E-state index contributed by atoms with van der Waals surface area (Å²) >= 11 is 0. The van der Waals surface area contributed by atoms with E-state index in [0.29, 0.717) is 17.1 Å². The summed E-state index contributed by atoms with van der Waals surface area (Å²) in [6.45, 7) is 3.51. The highest BCUT2D eigenvalue weighted by atomic mass is 16.7. The van der Waals surface area contributed by atoms with Crippen LogP contribution < -0.4 is 14.8 Å². The van der Waals surface area contributed by atoms with Gasteiger partial charge in [0, 0.05) is 6.04 Å². The number of hydrogen-bond acceptors (Lipinski definition) is 5. The van der Waals surface area contributed by atoms with E-state index >= 15 is 0 Å². The maximum Gasteiger partial charge on any atom is 0.338 e. The van der Waals surface area contributed by atoms with Crippen LogP contribution in [-0.4, -0.2) is 31.3 Å². The van der Waals surface area contributed by atoms with Gasteiger partial charge in [-0.2, -0.15) is 0 Å². The molecule has 0 aromatic heterocycles. The Balaban J connectivity index is 1.91. The molecule has 6 nitrogen and oxygen atoms in total. The molecule has 1 aromatic carbocycles. The molecule has 1 amide bonds. The van der Waals surface area contributed by atoms with Gasteiger partial charge in [-0.25, -0.2) is 4.79 Å². The second-order valence-corrected chi connectivity index (χ2v) is 4.37. The van der Waals surface area contributed by atoms with E-state index in [2.05, 4.69) is 5.32 Å². The zero-order valence-electron chi connectivity index (χ0n) is 10.8. The first kappa shape index (κ1) is 13.2. The molecule has 1 aliphatic heterocycles. The zero-order valence-corrected chi connectivity index (χ0v) is 10.8. The number of ether oxygens (including phenoxy) is 3. The third-order valence-corrected chi connectivity index (χ3v) is 2.39. The van der Waals surface area contributed by atoms with Crippen LogP contribution in [0.3, 0.4) is 0 Å². The molecular weight excluding hydrogens is 250 g/mol. The van der Waals surface area contributed by atoms with E-state index in [1.807, 2.05) is 13.8 Å². The Morgan fingerprint density at radius 1 is 1.32 bits per heavy atom. The van der Waals surface area contributed by atoms with Gasteiger partial charge in [0.15, 0.2) is 18.1 Å². The smallest absolute Gasteiger partial charge is 0.338 e. The lowest BCUT2D eigenvalue weighted by atomic mass is 10.2. The van der Waals surface area contributed by atoms with Crippen LogP contribution in [0.5, 0.6) is 11.5 Å². The molecule has 0 aliphatic carbocycles. The van der Waals surface area contributed by atoms with Crippen molar-refractivity contribution in [1.29, 1.82) is 0 Å². The molecule has 102 valence electrons. The van der Waals surface area contributed by atoms with Gasteiger partial charge in [-0.05, 0) is 32.0 Å². The number of esters is 1. The number of carbonyl (C=O) groups is 2. The highest BCUT2D eigenvalue weighted by Crippen LogP contribution is 2.32. The summed E-state index contributed by atoms with van der Waals surface area (Å²) in [4.78, 5) is 23.1. The molecule has 1 heterocycles. The van der Waals surface area contributed by atoms with Crippen LogP contribution in [0, 0.1) is 0 Å². The standard InChI is InChI=1S/C13H15NO5/c1-8(2)14-12(15)6-17-13(16)9-3-4-10-11(5-9)19-7-18-10/h3-5,8H,6-7H2,1-2H3,(H,14,15). The zero-order chi connectivity index (χ0) is 13.8. The normalized spacial score (nSPS) is 12.4. The van der Waals surface area contributed by atoms with Crippen molar-refractivity contribution in [2.24, 2.45) is 0 Å². The van der Waals surface area contributed by atoms with E-state index in [1.165, 1.54) is 6.07 Å². The minimum atomic E-state index is -0.572. The Morgan fingerprint density at radius 2 is 2.05 bits per heavy atom. The second kappa shape index (κ2) is 5.60. The topological polar surface area (TPSA) is 73.9 Å². The maximum atomic E-state index is 11.7. The van der Waals surface area contributed by atoms with Crippen molar-refractivity contribution in [3.8, 4) is 11.5 Å². The number of nitrogens with one attached hydrogen (secondary N) is 1. The van der Waals surface area contributed by atoms with E-state index in [1.54, 1.807) is 12.1 Å². The summed E-state index contributed by atoms with van der Waals surface area (Å²) in [5.74, 6) is 0.191. The van der Waals surface area contributed by atoms with Gasteiger partial charge in [0.1, 0.15) is 0 Å². The van der Waals surface area contributed by atoms with Crippen LogP contribution in [0.2, 0.25) is 0 Å². The van der Waals surface area contributed by atoms with Crippen molar-refractivity contribution in [3.63, 3.8) is 0 Å². The van der Waals surface area contributed by atoms with Crippen LogP contribution in [-0.2, 0) is 9.53 Å². The average molecular weight is 265 g/mol. The molecule has 1 aliphatic rings. The predicted molar refractivity (Wildman–Crippen MR) is 66.1 cm³/mol. The number of hydrogen-bond donors (Lipinski definition) is 1. The summed E-state index contributed by atoms with van der Waals surface area (Å²) in [7, 11) is 0. The van der Waals surface area contributed by atoms with Crippen molar-refractivity contribution < 1.29 is 23.8 Å². The van der Waals surface area contributed by atoms with Crippen molar-refractivity contribution >= 4 is 11.9 Å². The average Bonchev–Trinajstić information content (AvgIpc) is 2.82. The van der Waals surface area contributed by atoms with E-state index < -0.39 is 5.97 Å². The van der Waals surface area contributed by atoms with E-state index in [0.717, 1.165) is 0 Å². The minimum absolute atomic E-state index is 0.0109. The van der Waals surface area contributed by atoms with Gasteiger partial charge in [-0.3, -0.25) is 4.79 Å². The van der Waals surface area contributed by atoms with Crippen LogP contribution in [0.4, 0.5) is 0 Å². The van der Waals surface area contributed by atoms with Gasteiger partial charge in [0.25, 0.3) is 5.91 Å². The third-order valence-electron chi connectivity index (χ3n) is 2.39. The SMILES string of the molecule is CC(C)NC(=O)COC(=O)c1ccc2c(c1)OCO2. The first-order valence-electron chi connectivity index (χ1n) is 5.92. The monoisotopic (exact) mass is 265 g/mol. The molecule has 0 saturated heterocycles. The molecule has 1 aromatic rings. The Morgan fingerprint density at radius 3 is 2.79 bits per heavy atom. The van der Waals surface area contributed by atoms with Crippen LogP contribution >= 0.6 is 0 Å². The largest absolute Gasteiger partial charge is 0.454 e. The molecule has 0 atom stereocenters. The summed E-state index contributed by atoms with van der Waals surface area (Å²) < 4.78 is 15.2. The fourth-order valence-corrected chi connectivity index (χ4v) is 1.60. The van der Waals surface area contributed by atoms with Gasteiger partial charge < -0.3 is 19.5 Å². The Labute approximate surface area is 110 Å². The van der Waals surface area contributed by atoms with Gasteiger partial charge >= 0.3 is 5.97 Å². The van der Waals surface area contributed by atoms with Crippen molar-refractivity contribution in [1.82, 2.24) is 5.32 Å². The van der Waals surface area contributed by atoms with E-state index in [9.17, 15) is 9.59 Å². The third kappa shape index (κ3) is 3.37. The molecule has 2 rings (SSSR count). The minimum Gasteiger partial charge on any atom is -0.454 e. The highest BCUT2D eigenvalue weighted by molar-refractivity contribution is 5.92. The number of benzene rings is 1.